The Kier molecular flexibility index (Phi) is 7.94. The number of sulfonamides is 1. The van der Waals surface area contributed by atoms with Gasteiger partial charge in [-0.1, -0.05) is 31.5 Å². The lowest BCUT2D eigenvalue weighted by atomic mass is 9.82. The lowest BCUT2D eigenvalue weighted by Crippen LogP contribution is -2.30. The highest BCUT2D eigenvalue weighted by Crippen LogP contribution is 2.42. The van der Waals surface area contributed by atoms with E-state index in [4.69, 9.17) is 9.40 Å². The number of para-hydroxylation sites is 1. The van der Waals surface area contributed by atoms with E-state index in [9.17, 15) is 26.4 Å². The van der Waals surface area contributed by atoms with Gasteiger partial charge in [-0.3, -0.25) is 9.52 Å². The molecule has 0 aliphatic heterocycles. The molecule has 2 N–H and O–H groups in total. The molecular weight excluding hydrogens is 625 g/mol. The van der Waals surface area contributed by atoms with Crippen LogP contribution in [0.25, 0.3) is 22.3 Å². The second kappa shape index (κ2) is 11.2. The Morgan fingerprint density at radius 1 is 1.17 bits per heavy atom. The Morgan fingerprint density at radius 2 is 1.90 bits per heavy atom. The first kappa shape index (κ1) is 29.2. The fraction of sp³-hybridized carbons (Fsp3) is 0.357. The maximum absolute atomic E-state index is 13.2. The second-order valence-electron chi connectivity index (χ2n) is 9.86. The first-order valence-electron chi connectivity index (χ1n) is 13.2. The number of rotatable bonds is 9. The van der Waals surface area contributed by atoms with Crippen molar-refractivity contribution in [3.8, 4) is 11.3 Å². The molecule has 0 unspecified atom stereocenters. The van der Waals surface area contributed by atoms with Gasteiger partial charge in [0.15, 0.2) is 5.76 Å². The molecule has 2 aromatic heterocycles. The monoisotopic (exact) mass is 652 g/mol. The molecule has 2 heterocycles. The van der Waals surface area contributed by atoms with Gasteiger partial charge in [-0.15, -0.1) is 0 Å². The summed E-state index contributed by atoms with van der Waals surface area (Å²) in [5, 5.41) is 3.56. The molecule has 0 saturated heterocycles. The van der Waals surface area contributed by atoms with E-state index >= 15 is 0 Å². The molecule has 2 aromatic carbocycles. The molecule has 41 heavy (non-hydrogen) atoms. The van der Waals surface area contributed by atoms with Crippen molar-refractivity contribution >= 4 is 48.5 Å². The fourth-order valence-corrected chi connectivity index (χ4v) is 6.14. The molecular formula is C28H28BrF3N4O4S. The van der Waals surface area contributed by atoms with Crippen molar-refractivity contribution < 1.29 is 30.8 Å². The van der Waals surface area contributed by atoms with Gasteiger partial charge in [-0.05, 0) is 65.5 Å². The van der Waals surface area contributed by atoms with Crippen molar-refractivity contribution in [3.05, 3.63) is 69.7 Å². The Bertz CT molecular complexity index is 1730. The zero-order chi connectivity index (χ0) is 29.5. The van der Waals surface area contributed by atoms with Crippen molar-refractivity contribution in [1.29, 1.82) is 0 Å². The molecule has 1 amide bonds. The topological polar surface area (TPSA) is 106 Å². The SMILES string of the molecule is CCNC(=O)c1c(C2CCC2)nc(CC)n1Cc1ccc2oc(-c3ccccc3NS(=O)(=O)C(F)(F)F)c(Br)c2c1. The summed E-state index contributed by atoms with van der Waals surface area (Å²) in [5.41, 5.74) is -2.89. The van der Waals surface area contributed by atoms with Crippen LogP contribution in [0, 0.1) is 0 Å². The Morgan fingerprint density at radius 3 is 2.54 bits per heavy atom. The van der Waals surface area contributed by atoms with Crippen molar-refractivity contribution in [2.75, 3.05) is 11.3 Å². The van der Waals surface area contributed by atoms with Gasteiger partial charge in [0.25, 0.3) is 5.91 Å². The number of hydrogen-bond donors (Lipinski definition) is 2. The molecule has 8 nitrogen and oxygen atoms in total. The maximum atomic E-state index is 13.2. The number of aryl methyl sites for hydroxylation is 1. The molecule has 0 bridgehead atoms. The molecule has 1 fully saturated rings. The molecule has 5 rings (SSSR count). The van der Waals surface area contributed by atoms with Gasteiger partial charge in [-0.2, -0.15) is 21.6 Å². The standard InChI is InChI=1S/C28H28BrF3N4O4S/c1-3-22-34-24(17-8-7-9-17)25(27(37)33-4-2)36(22)15-16-12-13-21-19(14-16)23(29)26(40-21)18-10-5-6-11-20(18)35-41(38,39)28(30,31)32/h5-6,10-14,17,35H,3-4,7-9,15H2,1-2H3,(H,33,37). The van der Waals surface area contributed by atoms with Gasteiger partial charge in [0.2, 0.25) is 0 Å². The zero-order valence-corrected chi connectivity index (χ0v) is 24.7. The van der Waals surface area contributed by atoms with Crippen molar-refractivity contribution in [2.24, 2.45) is 0 Å². The number of aromatic nitrogens is 2. The van der Waals surface area contributed by atoms with Crippen LogP contribution in [0.15, 0.2) is 51.4 Å². The molecule has 1 saturated carbocycles. The third-order valence-corrected chi connectivity index (χ3v) is 9.07. The van der Waals surface area contributed by atoms with Crippen LogP contribution in [0.1, 0.15) is 66.6 Å². The predicted octanol–water partition coefficient (Wildman–Crippen LogP) is 6.95. The van der Waals surface area contributed by atoms with Gasteiger partial charge in [0.1, 0.15) is 17.1 Å². The zero-order valence-electron chi connectivity index (χ0n) is 22.3. The number of carbonyl (C=O) groups is 1. The van der Waals surface area contributed by atoms with Crippen molar-refractivity contribution in [3.63, 3.8) is 0 Å². The summed E-state index contributed by atoms with van der Waals surface area (Å²) in [6.45, 7) is 4.74. The number of hydrogen-bond acceptors (Lipinski definition) is 5. The minimum absolute atomic E-state index is 0.136. The number of halogens is 4. The Hall–Kier alpha value is -3.32. The molecule has 0 spiro atoms. The van der Waals surface area contributed by atoms with Crippen LogP contribution in [0.4, 0.5) is 18.9 Å². The molecule has 13 heteroatoms. The van der Waals surface area contributed by atoms with Crippen LogP contribution in [-0.2, 0) is 23.0 Å². The molecule has 0 radical (unpaired) electrons. The summed E-state index contributed by atoms with van der Waals surface area (Å²) in [7, 11) is -5.64. The van der Waals surface area contributed by atoms with E-state index in [2.05, 4.69) is 21.2 Å². The average molecular weight is 654 g/mol. The van der Waals surface area contributed by atoms with Gasteiger partial charge in [-0.25, -0.2) is 4.98 Å². The van der Waals surface area contributed by atoms with Crippen LogP contribution >= 0.6 is 15.9 Å². The van der Waals surface area contributed by atoms with E-state index in [0.717, 1.165) is 36.3 Å². The third kappa shape index (κ3) is 5.49. The minimum Gasteiger partial charge on any atom is -0.455 e. The fourth-order valence-electron chi connectivity index (χ4n) is 4.95. The van der Waals surface area contributed by atoms with E-state index < -0.39 is 15.5 Å². The van der Waals surface area contributed by atoms with Gasteiger partial charge >= 0.3 is 15.5 Å². The summed E-state index contributed by atoms with van der Waals surface area (Å²) in [5.74, 6) is 1.09. The first-order valence-corrected chi connectivity index (χ1v) is 15.5. The van der Waals surface area contributed by atoms with Crippen LogP contribution in [0.3, 0.4) is 0 Å². The number of nitrogens with one attached hydrogen (secondary N) is 2. The number of nitrogens with zero attached hydrogens (tertiary/aromatic N) is 2. The minimum atomic E-state index is -5.64. The quantitative estimate of drug-likeness (QED) is 0.204. The molecule has 1 aliphatic rings. The van der Waals surface area contributed by atoms with Crippen molar-refractivity contribution in [1.82, 2.24) is 14.9 Å². The van der Waals surface area contributed by atoms with E-state index in [1.807, 2.05) is 30.5 Å². The predicted molar refractivity (Wildman–Crippen MR) is 153 cm³/mol. The number of fused-ring (bicyclic) bond motifs is 1. The lowest BCUT2D eigenvalue weighted by Gasteiger charge is -2.24. The molecule has 218 valence electrons. The summed E-state index contributed by atoms with van der Waals surface area (Å²) in [6.07, 6.45) is 3.77. The number of benzene rings is 2. The number of furan rings is 1. The molecule has 1 aliphatic carbocycles. The highest BCUT2D eigenvalue weighted by Gasteiger charge is 2.46. The highest BCUT2D eigenvalue weighted by atomic mass is 79.9. The van der Waals surface area contributed by atoms with Crippen molar-refractivity contribution in [2.45, 2.75) is 57.5 Å². The average Bonchev–Trinajstić information content (AvgIpc) is 3.40. The third-order valence-electron chi connectivity index (χ3n) is 7.19. The maximum Gasteiger partial charge on any atom is 0.516 e. The van der Waals surface area contributed by atoms with Gasteiger partial charge in [0.05, 0.1) is 15.9 Å². The Labute approximate surface area is 243 Å². The molecule has 0 atom stereocenters. The van der Waals surface area contributed by atoms with E-state index in [0.29, 0.717) is 40.6 Å². The number of carbonyl (C=O) groups excluding carboxylic acids is 1. The van der Waals surface area contributed by atoms with Gasteiger partial charge in [0, 0.05) is 36.4 Å². The normalized spacial score (nSPS) is 14.3. The Balaban J connectivity index is 1.54. The first-order chi connectivity index (χ1) is 19.4. The van der Waals surface area contributed by atoms with Crippen LogP contribution in [0.2, 0.25) is 0 Å². The van der Waals surface area contributed by atoms with Crippen LogP contribution in [-0.4, -0.2) is 35.9 Å². The number of imidazole rings is 1. The summed E-state index contributed by atoms with van der Waals surface area (Å²) >= 11 is 3.51. The number of amides is 1. The largest absolute Gasteiger partial charge is 0.516 e. The lowest BCUT2D eigenvalue weighted by molar-refractivity contribution is -0.0429. The summed E-state index contributed by atoms with van der Waals surface area (Å²) in [6, 6.07) is 11.2. The van der Waals surface area contributed by atoms with Crippen LogP contribution in [0.5, 0.6) is 0 Å². The van der Waals surface area contributed by atoms with Gasteiger partial charge < -0.3 is 14.3 Å². The smallest absolute Gasteiger partial charge is 0.455 e. The number of alkyl halides is 3. The second-order valence-corrected chi connectivity index (χ2v) is 12.3. The summed E-state index contributed by atoms with van der Waals surface area (Å²) in [4.78, 5) is 18.0. The van der Waals surface area contributed by atoms with E-state index in [1.54, 1.807) is 16.9 Å². The van der Waals surface area contributed by atoms with E-state index in [1.165, 1.54) is 18.2 Å². The molecule has 4 aromatic rings. The highest BCUT2D eigenvalue weighted by molar-refractivity contribution is 9.10. The van der Waals surface area contributed by atoms with Crippen LogP contribution < -0.4 is 10.0 Å². The number of anilines is 1. The van der Waals surface area contributed by atoms with E-state index in [-0.39, 0.29) is 28.8 Å². The summed E-state index contributed by atoms with van der Waals surface area (Å²) < 4.78 is 72.8.